The molecule has 0 aromatic heterocycles. The minimum absolute atomic E-state index is 0.0102. The molecule has 0 aliphatic rings. The largest absolute Gasteiger partial charge is 0.399 e. The Bertz CT molecular complexity index is 576. The van der Waals surface area contributed by atoms with E-state index in [-0.39, 0.29) is 5.91 Å². The van der Waals surface area contributed by atoms with E-state index < -0.39 is 0 Å². The number of hydrogen-bond acceptors (Lipinski definition) is 2. The highest BCUT2D eigenvalue weighted by Crippen LogP contribution is 2.19. The quantitative estimate of drug-likeness (QED) is 0.855. The zero-order valence-corrected chi connectivity index (χ0v) is 11.3. The maximum Gasteiger partial charge on any atom is 0.258 e. The maximum atomic E-state index is 12.5. The Morgan fingerprint density at radius 3 is 2.42 bits per heavy atom. The average Bonchev–Trinajstić information content (AvgIpc) is 2.41. The van der Waals surface area contributed by atoms with Crippen LogP contribution in [-0.2, 0) is 0 Å². The summed E-state index contributed by atoms with van der Waals surface area (Å²) >= 11 is 0. The van der Waals surface area contributed by atoms with Gasteiger partial charge in [0.25, 0.3) is 5.91 Å². The third-order valence-electron chi connectivity index (χ3n) is 3.03. The number of nitrogens with zero attached hydrogens (tertiary/aromatic N) is 1. The van der Waals surface area contributed by atoms with Crippen molar-refractivity contribution in [2.24, 2.45) is 0 Å². The smallest absolute Gasteiger partial charge is 0.258 e. The molecule has 2 aromatic carbocycles. The number of carbonyl (C=O) groups excluding carboxylic acids is 1. The second kappa shape index (κ2) is 5.57. The molecule has 1 amide bonds. The molecule has 0 radical (unpaired) electrons. The van der Waals surface area contributed by atoms with Crippen molar-refractivity contribution in [3.8, 4) is 0 Å². The van der Waals surface area contributed by atoms with Crippen molar-refractivity contribution in [1.82, 2.24) is 0 Å². The van der Waals surface area contributed by atoms with Crippen molar-refractivity contribution in [1.29, 1.82) is 0 Å². The third kappa shape index (κ3) is 2.94. The molecule has 0 saturated heterocycles. The van der Waals surface area contributed by atoms with Crippen molar-refractivity contribution in [3.63, 3.8) is 0 Å². The van der Waals surface area contributed by atoms with Gasteiger partial charge >= 0.3 is 0 Å². The van der Waals surface area contributed by atoms with Crippen LogP contribution in [0.3, 0.4) is 0 Å². The van der Waals surface area contributed by atoms with Gasteiger partial charge < -0.3 is 10.6 Å². The summed E-state index contributed by atoms with van der Waals surface area (Å²) in [6.07, 6.45) is 0. The van der Waals surface area contributed by atoms with E-state index in [4.69, 9.17) is 5.73 Å². The first-order chi connectivity index (χ1) is 9.11. The normalized spacial score (nSPS) is 10.2. The lowest BCUT2D eigenvalue weighted by Gasteiger charge is -2.21. The summed E-state index contributed by atoms with van der Waals surface area (Å²) in [6.45, 7) is 4.57. The van der Waals surface area contributed by atoms with Gasteiger partial charge in [0.05, 0.1) is 0 Å². The highest BCUT2D eigenvalue weighted by atomic mass is 16.2. The lowest BCUT2D eigenvalue weighted by atomic mass is 10.1. The molecule has 3 nitrogen and oxygen atoms in total. The molecule has 0 atom stereocenters. The number of hydrogen-bond donors (Lipinski definition) is 1. The fourth-order valence-electron chi connectivity index (χ4n) is 2.03. The second-order valence-electron chi connectivity index (χ2n) is 4.51. The monoisotopic (exact) mass is 254 g/mol. The van der Waals surface area contributed by atoms with Gasteiger partial charge in [-0.3, -0.25) is 4.79 Å². The van der Waals surface area contributed by atoms with E-state index in [2.05, 4.69) is 0 Å². The minimum atomic E-state index is 0.0102. The average molecular weight is 254 g/mol. The molecule has 98 valence electrons. The lowest BCUT2D eigenvalue weighted by Crippen LogP contribution is -2.30. The molecule has 3 heteroatoms. The van der Waals surface area contributed by atoms with Crippen LogP contribution in [0, 0.1) is 6.92 Å². The Hall–Kier alpha value is -2.29. The number of nitrogen functional groups attached to an aromatic ring is 1. The van der Waals surface area contributed by atoms with Crippen LogP contribution < -0.4 is 10.6 Å². The van der Waals surface area contributed by atoms with Gasteiger partial charge in [-0.15, -0.1) is 0 Å². The zero-order chi connectivity index (χ0) is 13.8. The maximum absolute atomic E-state index is 12.5. The Balaban J connectivity index is 2.31. The van der Waals surface area contributed by atoms with Gasteiger partial charge in [-0.2, -0.15) is 0 Å². The number of rotatable bonds is 3. The summed E-state index contributed by atoms with van der Waals surface area (Å²) < 4.78 is 0. The predicted molar refractivity (Wildman–Crippen MR) is 79.4 cm³/mol. The first-order valence-corrected chi connectivity index (χ1v) is 6.36. The zero-order valence-electron chi connectivity index (χ0n) is 11.3. The molecule has 2 aromatic rings. The van der Waals surface area contributed by atoms with Crippen LogP contribution >= 0.6 is 0 Å². The van der Waals surface area contributed by atoms with Crippen molar-refractivity contribution in [2.75, 3.05) is 17.2 Å². The highest BCUT2D eigenvalue weighted by molar-refractivity contribution is 6.06. The van der Waals surface area contributed by atoms with Crippen LogP contribution in [-0.4, -0.2) is 12.5 Å². The minimum Gasteiger partial charge on any atom is -0.399 e. The van der Waals surface area contributed by atoms with E-state index in [1.54, 1.807) is 4.90 Å². The number of amides is 1. The van der Waals surface area contributed by atoms with E-state index in [0.717, 1.165) is 11.3 Å². The van der Waals surface area contributed by atoms with Gasteiger partial charge in [-0.1, -0.05) is 17.7 Å². The molecule has 0 aliphatic heterocycles. The van der Waals surface area contributed by atoms with Crippen LogP contribution in [0.2, 0.25) is 0 Å². The molecule has 0 saturated carbocycles. The third-order valence-corrected chi connectivity index (χ3v) is 3.03. The number of benzene rings is 2. The first-order valence-electron chi connectivity index (χ1n) is 6.36. The topological polar surface area (TPSA) is 46.3 Å². The number of aryl methyl sites for hydroxylation is 1. The van der Waals surface area contributed by atoms with E-state index in [0.29, 0.717) is 17.8 Å². The Labute approximate surface area is 113 Å². The lowest BCUT2D eigenvalue weighted by molar-refractivity contribution is 0.0988. The summed E-state index contributed by atoms with van der Waals surface area (Å²) in [5.41, 5.74) is 9.02. The van der Waals surface area contributed by atoms with E-state index in [1.165, 1.54) is 0 Å². The number of nitrogens with two attached hydrogens (primary N) is 1. The molecule has 0 heterocycles. The Kier molecular flexibility index (Phi) is 3.85. The number of carbonyl (C=O) groups is 1. The first kappa shape index (κ1) is 13.1. The summed E-state index contributed by atoms with van der Waals surface area (Å²) in [5, 5.41) is 0. The molecular weight excluding hydrogens is 236 g/mol. The molecule has 0 unspecified atom stereocenters. The van der Waals surface area contributed by atoms with Crippen molar-refractivity contribution >= 4 is 17.3 Å². The molecule has 0 bridgehead atoms. The second-order valence-corrected chi connectivity index (χ2v) is 4.51. The van der Waals surface area contributed by atoms with Gasteiger partial charge in [0.1, 0.15) is 0 Å². The molecular formula is C16H18N2O. The van der Waals surface area contributed by atoms with Crippen molar-refractivity contribution < 1.29 is 4.79 Å². The van der Waals surface area contributed by atoms with Gasteiger partial charge in [-0.05, 0) is 50.2 Å². The molecule has 2 N–H and O–H groups in total. The summed E-state index contributed by atoms with van der Waals surface area (Å²) in [4.78, 5) is 14.3. The van der Waals surface area contributed by atoms with Crippen LogP contribution in [0.1, 0.15) is 22.8 Å². The standard InChI is InChI=1S/C16H18N2O/c1-3-18(15-9-7-14(17)8-10-15)16(19)13-6-4-5-12(2)11-13/h4-11H,3,17H2,1-2H3. The van der Waals surface area contributed by atoms with Crippen molar-refractivity contribution in [2.45, 2.75) is 13.8 Å². The van der Waals surface area contributed by atoms with Crippen LogP contribution in [0.5, 0.6) is 0 Å². The fraction of sp³-hybridized carbons (Fsp3) is 0.188. The van der Waals surface area contributed by atoms with Crippen LogP contribution in [0.15, 0.2) is 48.5 Å². The summed E-state index contributed by atoms with van der Waals surface area (Å²) in [6, 6.07) is 15.0. The van der Waals surface area contributed by atoms with E-state index in [9.17, 15) is 4.79 Å². The molecule has 0 aliphatic carbocycles. The summed E-state index contributed by atoms with van der Waals surface area (Å²) in [7, 11) is 0. The van der Waals surface area contributed by atoms with E-state index >= 15 is 0 Å². The number of anilines is 2. The van der Waals surface area contributed by atoms with E-state index in [1.807, 2.05) is 62.4 Å². The SMILES string of the molecule is CCN(C(=O)c1cccc(C)c1)c1ccc(N)cc1. The fourth-order valence-corrected chi connectivity index (χ4v) is 2.03. The molecule has 0 fully saturated rings. The predicted octanol–water partition coefficient (Wildman–Crippen LogP) is 3.24. The van der Waals surface area contributed by atoms with Gasteiger partial charge in [0.2, 0.25) is 0 Å². The van der Waals surface area contributed by atoms with Crippen molar-refractivity contribution in [3.05, 3.63) is 59.7 Å². The van der Waals surface area contributed by atoms with Gasteiger partial charge in [0, 0.05) is 23.5 Å². The molecule has 19 heavy (non-hydrogen) atoms. The summed E-state index contributed by atoms with van der Waals surface area (Å²) in [5.74, 6) is 0.0102. The Morgan fingerprint density at radius 2 is 1.84 bits per heavy atom. The molecule has 2 rings (SSSR count). The van der Waals surface area contributed by atoms with Gasteiger partial charge in [-0.25, -0.2) is 0 Å². The molecule has 0 spiro atoms. The van der Waals surface area contributed by atoms with Crippen LogP contribution in [0.4, 0.5) is 11.4 Å². The highest BCUT2D eigenvalue weighted by Gasteiger charge is 2.15. The van der Waals surface area contributed by atoms with Gasteiger partial charge in [0.15, 0.2) is 0 Å². The van der Waals surface area contributed by atoms with Crippen LogP contribution in [0.25, 0.3) is 0 Å². The Morgan fingerprint density at radius 1 is 1.16 bits per heavy atom.